The highest BCUT2D eigenvalue weighted by atomic mass is 79.9. The maximum Gasteiger partial charge on any atom is 0.459 e. The fraction of sp³-hybridized carbons (Fsp3) is 0.364. The quantitative estimate of drug-likeness (QED) is 0.107. The number of aromatic nitrogens is 3. The number of para-hydroxylation sites is 2. The van der Waals surface area contributed by atoms with Crippen LogP contribution in [-0.4, -0.2) is 57.1 Å². The van der Waals surface area contributed by atoms with E-state index in [0.717, 1.165) is 15.5 Å². The molecule has 15 heteroatoms. The first-order chi connectivity index (χ1) is 22.8. The van der Waals surface area contributed by atoms with Crippen molar-refractivity contribution in [2.75, 3.05) is 13.2 Å². The van der Waals surface area contributed by atoms with Crippen LogP contribution in [0.25, 0.3) is 17.0 Å². The van der Waals surface area contributed by atoms with E-state index in [1.165, 1.54) is 17.3 Å². The average Bonchev–Trinajstić information content (AvgIpc) is 3.62. The van der Waals surface area contributed by atoms with Crippen molar-refractivity contribution in [3.05, 3.63) is 104 Å². The van der Waals surface area contributed by atoms with Gasteiger partial charge in [-0.15, -0.1) is 0 Å². The molecule has 5 atom stereocenters. The minimum Gasteiger partial charge on any atom is -0.464 e. The summed E-state index contributed by atoms with van der Waals surface area (Å²) in [5.41, 5.74) is 0.109. The number of hydrogen-bond donors (Lipinski definition) is 4. The number of fused-ring (bicyclic) bond motifs is 1. The zero-order chi connectivity index (χ0) is 34.5. The lowest BCUT2D eigenvalue weighted by Crippen LogP contribution is -2.41. The summed E-state index contributed by atoms with van der Waals surface area (Å²) in [5.74, 6) is -0.453. The van der Waals surface area contributed by atoms with Gasteiger partial charge < -0.3 is 24.1 Å². The number of esters is 1. The van der Waals surface area contributed by atoms with Crippen molar-refractivity contribution in [2.45, 2.75) is 58.1 Å². The van der Waals surface area contributed by atoms with Crippen molar-refractivity contribution in [2.24, 2.45) is 5.41 Å². The summed E-state index contributed by atoms with van der Waals surface area (Å²) in [4.78, 5) is 45.2. The fourth-order valence-electron chi connectivity index (χ4n) is 5.04. The number of ether oxygens (including phenoxy) is 2. The first-order valence-electron chi connectivity index (χ1n) is 15.3. The van der Waals surface area contributed by atoms with E-state index in [0.29, 0.717) is 5.69 Å². The van der Waals surface area contributed by atoms with Gasteiger partial charge in [-0.1, -0.05) is 73.1 Å². The number of hydrogen-bond acceptors (Lipinski definition) is 9. The smallest absolute Gasteiger partial charge is 0.459 e. The second-order valence-electron chi connectivity index (χ2n) is 12.6. The Labute approximate surface area is 285 Å². The highest BCUT2D eigenvalue weighted by Crippen LogP contribution is 2.46. The molecule has 2 aromatic carbocycles. The van der Waals surface area contributed by atoms with Gasteiger partial charge in [-0.05, 0) is 46.1 Å². The lowest BCUT2D eigenvalue weighted by molar-refractivity contribution is -0.148. The zero-order valence-electron chi connectivity index (χ0n) is 26.6. The van der Waals surface area contributed by atoms with Crippen LogP contribution >= 0.6 is 23.7 Å². The number of benzene rings is 2. The molecule has 2 aromatic heterocycles. The minimum absolute atomic E-state index is 0.0170. The van der Waals surface area contributed by atoms with Gasteiger partial charge in [0.2, 0.25) is 0 Å². The molecule has 0 spiro atoms. The van der Waals surface area contributed by atoms with E-state index in [1.807, 2.05) is 51.1 Å². The number of aromatic amines is 2. The Morgan fingerprint density at radius 2 is 1.90 bits per heavy atom. The summed E-state index contributed by atoms with van der Waals surface area (Å²) < 4.78 is 38.9. The average molecular weight is 746 g/mol. The van der Waals surface area contributed by atoms with Crippen LogP contribution < -0.4 is 20.9 Å². The second kappa shape index (κ2) is 15.2. The number of nitrogens with one attached hydrogen (secondary N) is 3. The highest BCUT2D eigenvalue weighted by molar-refractivity contribution is 9.11. The highest BCUT2D eigenvalue weighted by Gasteiger charge is 2.40. The summed E-state index contributed by atoms with van der Waals surface area (Å²) >= 11 is 3.11. The van der Waals surface area contributed by atoms with Crippen LogP contribution in [-0.2, 0) is 29.8 Å². The number of carbonyl (C=O) groups excluding carboxylic acids is 1. The normalized spacial score (nSPS) is 20.1. The van der Waals surface area contributed by atoms with E-state index >= 15 is 0 Å². The van der Waals surface area contributed by atoms with Gasteiger partial charge in [0.25, 0.3) is 5.56 Å². The first kappa shape index (κ1) is 35.5. The molecule has 0 bridgehead atoms. The molecule has 4 N–H and O–H groups in total. The lowest BCUT2D eigenvalue weighted by atomic mass is 9.99. The van der Waals surface area contributed by atoms with E-state index in [2.05, 4.69) is 31.0 Å². The SMILES string of the molecule is CC(C)(C)COC(=O)[C@H](Cc1cc2ccccc2[nH]1)NP(=O)(OCC1OC(n2cc(C=CBr)c(=O)[nH]c2=O)CC1O)Oc1ccccc1. The van der Waals surface area contributed by atoms with Gasteiger partial charge in [0.05, 0.1) is 24.9 Å². The lowest BCUT2D eigenvalue weighted by Gasteiger charge is -2.27. The van der Waals surface area contributed by atoms with E-state index in [-0.39, 0.29) is 36.2 Å². The summed E-state index contributed by atoms with van der Waals surface area (Å²) in [6.45, 7) is 5.45. The number of carbonyl (C=O) groups is 1. The van der Waals surface area contributed by atoms with Crippen molar-refractivity contribution in [3.8, 4) is 5.75 Å². The Kier molecular flexibility index (Phi) is 11.2. The number of aliphatic hydroxyl groups is 1. The Morgan fingerprint density at radius 1 is 1.17 bits per heavy atom. The molecule has 1 saturated heterocycles. The summed E-state index contributed by atoms with van der Waals surface area (Å²) in [7, 11) is -4.38. The van der Waals surface area contributed by atoms with Crippen molar-refractivity contribution in [3.63, 3.8) is 0 Å². The van der Waals surface area contributed by atoms with E-state index in [1.54, 1.807) is 30.3 Å². The molecule has 1 fully saturated rings. The molecule has 4 unspecified atom stereocenters. The molecule has 256 valence electrons. The van der Waals surface area contributed by atoms with Crippen LogP contribution in [0.1, 0.15) is 44.7 Å². The van der Waals surface area contributed by atoms with Crippen molar-refractivity contribution in [1.82, 2.24) is 19.6 Å². The topological polar surface area (TPSA) is 174 Å². The molecule has 0 aliphatic carbocycles. The number of halogens is 1. The number of nitrogens with zero attached hydrogens (tertiary/aromatic N) is 1. The van der Waals surface area contributed by atoms with Gasteiger partial charge in [-0.2, -0.15) is 5.09 Å². The number of aliphatic hydroxyl groups excluding tert-OH is 1. The van der Waals surface area contributed by atoms with Gasteiger partial charge in [-0.3, -0.25) is 23.7 Å². The third-order valence-corrected chi connectivity index (χ3v) is 9.22. The molecule has 1 aliphatic rings. The molecule has 1 aliphatic heterocycles. The molecule has 3 heterocycles. The predicted octanol–water partition coefficient (Wildman–Crippen LogP) is 5.03. The number of H-pyrrole nitrogens is 2. The van der Waals surface area contributed by atoms with Crippen molar-refractivity contribution < 1.29 is 33.0 Å². The standard InChI is InChI=1S/C33H38BrN4O9P/c1-33(2,3)20-44-31(41)26(16-23-15-21-9-7-8-12-25(21)35-23)37-48(43,47-24-10-5-4-6-11-24)45-19-28-27(39)17-29(46-28)38-18-22(13-14-34)30(40)36-32(38)42/h4-15,18,26-29,35,39H,16-17,19-20H2,1-3H3,(H,37,43)(H,36,40,42)/t26-,27?,28?,29?,48?/m0/s1. The molecular weight excluding hydrogens is 707 g/mol. The van der Waals surface area contributed by atoms with Crippen LogP contribution in [0.15, 0.2) is 81.4 Å². The Balaban J connectivity index is 1.38. The molecule has 48 heavy (non-hydrogen) atoms. The van der Waals surface area contributed by atoms with Crippen molar-refractivity contribution >= 4 is 46.6 Å². The van der Waals surface area contributed by atoms with Crippen LogP contribution in [0.3, 0.4) is 0 Å². The maximum absolute atomic E-state index is 14.5. The largest absolute Gasteiger partial charge is 0.464 e. The molecule has 0 amide bonds. The fourth-order valence-corrected chi connectivity index (χ4v) is 6.83. The third kappa shape index (κ3) is 9.22. The third-order valence-electron chi connectivity index (χ3n) is 7.39. The summed E-state index contributed by atoms with van der Waals surface area (Å²) in [5, 5.41) is 14.6. The number of rotatable bonds is 13. The van der Waals surface area contributed by atoms with Crippen LogP contribution in [0, 0.1) is 5.41 Å². The zero-order valence-corrected chi connectivity index (χ0v) is 29.1. The van der Waals surface area contributed by atoms with E-state index in [4.69, 9.17) is 18.5 Å². The first-order valence-corrected chi connectivity index (χ1v) is 17.7. The van der Waals surface area contributed by atoms with Gasteiger partial charge in [-0.25, -0.2) is 9.36 Å². The monoisotopic (exact) mass is 744 g/mol. The van der Waals surface area contributed by atoms with Gasteiger partial charge in [0.15, 0.2) is 0 Å². The Bertz CT molecular complexity index is 1880. The molecule has 4 aromatic rings. The molecule has 13 nitrogen and oxygen atoms in total. The van der Waals surface area contributed by atoms with Crippen LogP contribution in [0.5, 0.6) is 5.75 Å². The van der Waals surface area contributed by atoms with Gasteiger partial charge in [0, 0.05) is 30.2 Å². The minimum atomic E-state index is -4.38. The molecular formula is C33H38BrN4O9P. The summed E-state index contributed by atoms with van der Waals surface area (Å²) in [6, 6.07) is 16.7. The Morgan fingerprint density at radius 3 is 2.60 bits per heavy atom. The molecule has 0 saturated carbocycles. The summed E-state index contributed by atoms with van der Waals surface area (Å²) in [6.07, 6.45) is -0.299. The van der Waals surface area contributed by atoms with Gasteiger partial charge in [0.1, 0.15) is 24.1 Å². The second-order valence-corrected chi connectivity index (χ2v) is 14.8. The van der Waals surface area contributed by atoms with Crippen LogP contribution in [0.4, 0.5) is 0 Å². The maximum atomic E-state index is 14.5. The molecule has 5 rings (SSSR count). The van der Waals surface area contributed by atoms with Crippen molar-refractivity contribution in [1.29, 1.82) is 0 Å². The predicted molar refractivity (Wildman–Crippen MR) is 184 cm³/mol. The van der Waals surface area contributed by atoms with Gasteiger partial charge >= 0.3 is 19.4 Å². The van der Waals surface area contributed by atoms with E-state index < -0.39 is 56.0 Å². The molecule has 0 radical (unpaired) electrons. The van der Waals surface area contributed by atoms with E-state index in [9.17, 15) is 24.1 Å². The van der Waals surface area contributed by atoms with Crippen LogP contribution in [0.2, 0.25) is 0 Å². The Hall–Kier alpha value is -3.78.